The van der Waals surface area contributed by atoms with Crippen molar-refractivity contribution >= 4 is 0 Å². The van der Waals surface area contributed by atoms with Gasteiger partial charge in [-0.2, -0.15) is 0 Å². The highest BCUT2D eigenvalue weighted by atomic mass is 16.3. The molecule has 0 aromatic rings. The number of hydrogen-bond donors (Lipinski definition) is 2. The summed E-state index contributed by atoms with van der Waals surface area (Å²) in [6.07, 6.45) is 15.4. The predicted octanol–water partition coefficient (Wildman–Crippen LogP) is 6.19. The molecule has 0 heterocycles. The van der Waals surface area contributed by atoms with E-state index in [4.69, 9.17) is 0 Å². The molecule has 4 saturated carbocycles. The minimum absolute atomic E-state index is 0.112. The standard InChI is InChI=1S/C26H46O2/c1-17(2)24(27)7-5-6-19-9-11-23-22-10-8-18-16-25(3,28)14-12-20(18)21(22)13-15-26(19,23)4/h17-24,27-28H,5-16H2,1-4H3/t18?,19-,20?,21?,22?,23?,24?,25-,26+/m0/s1. The van der Waals surface area contributed by atoms with Gasteiger partial charge in [0.25, 0.3) is 0 Å². The zero-order valence-corrected chi connectivity index (χ0v) is 19.0. The van der Waals surface area contributed by atoms with Gasteiger partial charge in [-0.05, 0) is 124 Å². The van der Waals surface area contributed by atoms with Crippen LogP contribution < -0.4 is 0 Å². The van der Waals surface area contributed by atoms with E-state index in [1.807, 2.05) is 0 Å². The molecule has 162 valence electrons. The molecule has 0 bridgehead atoms. The lowest BCUT2D eigenvalue weighted by atomic mass is 9.49. The predicted molar refractivity (Wildman–Crippen MR) is 116 cm³/mol. The lowest BCUT2D eigenvalue weighted by Gasteiger charge is -2.57. The van der Waals surface area contributed by atoms with E-state index < -0.39 is 5.60 Å². The van der Waals surface area contributed by atoms with Crippen LogP contribution in [0.1, 0.15) is 105 Å². The maximum Gasteiger partial charge on any atom is 0.0622 e. The van der Waals surface area contributed by atoms with Crippen LogP contribution in [-0.4, -0.2) is 21.9 Å². The third-order valence-corrected chi connectivity index (χ3v) is 10.3. The van der Waals surface area contributed by atoms with Crippen molar-refractivity contribution in [1.82, 2.24) is 0 Å². The van der Waals surface area contributed by atoms with E-state index in [1.54, 1.807) is 0 Å². The fraction of sp³-hybridized carbons (Fsp3) is 1.00. The second-order valence-corrected chi connectivity index (χ2v) is 12.2. The van der Waals surface area contributed by atoms with Crippen LogP contribution >= 0.6 is 0 Å². The van der Waals surface area contributed by atoms with Gasteiger partial charge >= 0.3 is 0 Å². The molecule has 4 rings (SSSR count). The lowest BCUT2D eigenvalue weighted by Crippen LogP contribution is -2.50. The topological polar surface area (TPSA) is 40.5 Å². The summed E-state index contributed by atoms with van der Waals surface area (Å²) in [4.78, 5) is 0. The maximum atomic E-state index is 10.6. The van der Waals surface area contributed by atoms with E-state index in [2.05, 4.69) is 27.7 Å². The molecule has 0 aromatic carbocycles. The van der Waals surface area contributed by atoms with E-state index in [9.17, 15) is 10.2 Å². The van der Waals surface area contributed by atoms with Gasteiger partial charge in [-0.1, -0.05) is 27.2 Å². The molecule has 0 spiro atoms. The lowest BCUT2D eigenvalue weighted by molar-refractivity contribution is -0.100. The molecule has 9 atom stereocenters. The number of aliphatic hydroxyl groups is 2. The Bertz CT molecular complexity index is 541. The van der Waals surface area contributed by atoms with Crippen LogP contribution in [0.2, 0.25) is 0 Å². The molecular formula is C26H46O2. The summed E-state index contributed by atoms with van der Waals surface area (Å²) in [5.74, 6) is 5.86. The van der Waals surface area contributed by atoms with Gasteiger partial charge in [0.15, 0.2) is 0 Å². The van der Waals surface area contributed by atoms with Crippen LogP contribution in [0.5, 0.6) is 0 Å². The fourth-order valence-electron chi connectivity index (χ4n) is 8.57. The van der Waals surface area contributed by atoms with Crippen LogP contribution in [0.25, 0.3) is 0 Å². The Balaban J connectivity index is 1.38. The van der Waals surface area contributed by atoms with Crippen molar-refractivity contribution < 1.29 is 10.2 Å². The van der Waals surface area contributed by atoms with Crippen molar-refractivity contribution in [2.24, 2.45) is 46.8 Å². The summed E-state index contributed by atoms with van der Waals surface area (Å²) < 4.78 is 0. The van der Waals surface area contributed by atoms with Crippen molar-refractivity contribution in [3.63, 3.8) is 0 Å². The van der Waals surface area contributed by atoms with E-state index in [0.29, 0.717) is 11.3 Å². The molecule has 2 heteroatoms. The highest BCUT2D eigenvalue weighted by molar-refractivity contribution is 5.06. The van der Waals surface area contributed by atoms with Gasteiger partial charge in [-0.3, -0.25) is 0 Å². The average Bonchev–Trinajstić information content (AvgIpc) is 2.97. The van der Waals surface area contributed by atoms with Gasteiger partial charge in [-0.15, -0.1) is 0 Å². The number of aliphatic hydroxyl groups excluding tert-OH is 1. The smallest absolute Gasteiger partial charge is 0.0622 e. The molecule has 4 fully saturated rings. The van der Waals surface area contributed by atoms with Gasteiger partial charge in [0, 0.05) is 0 Å². The number of fused-ring (bicyclic) bond motifs is 5. The van der Waals surface area contributed by atoms with Gasteiger partial charge in [0.05, 0.1) is 11.7 Å². The van der Waals surface area contributed by atoms with Crippen LogP contribution in [0, 0.1) is 46.8 Å². The second kappa shape index (κ2) is 7.88. The Labute approximate surface area is 173 Å². The first-order valence-corrected chi connectivity index (χ1v) is 12.6. The van der Waals surface area contributed by atoms with Crippen molar-refractivity contribution in [1.29, 1.82) is 0 Å². The van der Waals surface area contributed by atoms with Gasteiger partial charge in [0.2, 0.25) is 0 Å². The Morgan fingerprint density at radius 2 is 1.64 bits per heavy atom. The van der Waals surface area contributed by atoms with E-state index >= 15 is 0 Å². The monoisotopic (exact) mass is 390 g/mol. The summed E-state index contributed by atoms with van der Waals surface area (Å²) in [5.41, 5.74) is 0.174. The summed E-state index contributed by atoms with van der Waals surface area (Å²) in [6.45, 7) is 8.99. The second-order valence-electron chi connectivity index (χ2n) is 12.2. The summed E-state index contributed by atoms with van der Waals surface area (Å²) in [7, 11) is 0. The molecule has 4 aliphatic carbocycles. The van der Waals surface area contributed by atoms with Crippen LogP contribution in [0.4, 0.5) is 0 Å². The minimum Gasteiger partial charge on any atom is -0.393 e. The first kappa shape index (κ1) is 21.2. The largest absolute Gasteiger partial charge is 0.393 e. The molecule has 0 aromatic heterocycles. The maximum absolute atomic E-state index is 10.6. The van der Waals surface area contributed by atoms with Crippen molar-refractivity contribution in [3.05, 3.63) is 0 Å². The summed E-state index contributed by atoms with van der Waals surface area (Å²) in [6, 6.07) is 0. The van der Waals surface area contributed by atoms with Gasteiger partial charge in [0.1, 0.15) is 0 Å². The molecule has 6 unspecified atom stereocenters. The minimum atomic E-state index is -0.393. The molecule has 0 amide bonds. The van der Waals surface area contributed by atoms with Crippen molar-refractivity contribution in [2.75, 3.05) is 0 Å². The molecule has 0 aliphatic heterocycles. The van der Waals surface area contributed by atoms with Gasteiger partial charge in [-0.25, -0.2) is 0 Å². The molecule has 0 radical (unpaired) electrons. The molecule has 4 aliphatic rings. The normalized spacial score (nSPS) is 49.4. The quantitative estimate of drug-likeness (QED) is 0.587. The Kier molecular flexibility index (Phi) is 5.95. The van der Waals surface area contributed by atoms with Crippen LogP contribution in [0.3, 0.4) is 0 Å². The SMILES string of the molecule is CC(C)C(O)CCC[C@H]1CCC2C3CCC4C[C@@](C)(O)CCC4C3CC[C@@]21C. The Morgan fingerprint density at radius 1 is 0.893 bits per heavy atom. The van der Waals surface area contributed by atoms with Crippen LogP contribution in [0.15, 0.2) is 0 Å². The molecule has 28 heavy (non-hydrogen) atoms. The van der Waals surface area contributed by atoms with Crippen LogP contribution in [-0.2, 0) is 0 Å². The fourth-order valence-corrected chi connectivity index (χ4v) is 8.57. The zero-order valence-electron chi connectivity index (χ0n) is 19.0. The molecule has 2 nitrogen and oxygen atoms in total. The van der Waals surface area contributed by atoms with E-state index in [1.165, 1.54) is 57.8 Å². The van der Waals surface area contributed by atoms with Crippen molar-refractivity contribution in [3.8, 4) is 0 Å². The zero-order chi connectivity index (χ0) is 20.1. The van der Waals surface area contributed by atoms with E-state index in [0.717, 1.165) is 54.8 Å². The van der Waals surface area contributed by atoms with E-state index in [-0.39, 0.29) is 6.10 Å². The molecule has 2 N–H and O–H groups in total. The Hall–Kier alpha value is -0.0800. The summed E-state index contributed by atoms with van der Waals surface area (Å²) >= 11 is 0. The molecular weight excluding hydrogens is 344 g/mol. The first-order valence-electron chi connectivity index (χ1n) is 12.6. The molecule has 0 saturated heterocycles. The highest BCUT2D eigenvalue weighted by Crippen LogP contribution is 2.65. The number of hydrogen-bond acceptors (Lipinski definition) is 2. The Morgan fingerprint density at radius 3 is 2.39 bits per heavy atom. The summed E-state index contributed by atoms with van der Waals surface area (Å²) in [5, 5.41) is 20.8. The third kappa shape index (κ3) is 3.82. The highest BCUT2D eigenvalue weighted by Gasteiger charge is 2.57. The van der Waals surface area contributed by atoms with Crippen molar-refractivity contribution in [2.45, 2.75) is 116 Å². The first-order chi connectivity index (χ1) is 13.2. The number of rotatable bonds is 5. The third-order valence-electron chi connectivity index (χ3n) is 10.3. The average molecular weight is 391 g/mol. The van der Waals surface area contributed by atoms with Gasteiger partial charge < -0.3 is 10.2 Å².